The van der Waals surface area contributed by atoms with Crippen LogP contribution >= 0.6 is 0 Å². The van der Waals surface area contributed by atoms with E-state index in [1.54, 1.807) is 24.8 Å². The number of anilines is 1. The van der Waals surface area contributed by atoms with Crippen LogP contribution in [0.15, 0.2) is 43.1 Å². The third-order valence-corrected chi connectivity index (χ3v) is 5.00. The van der Waals surface area contributed by atoms with E-state index in [9.17, 15) is 4.79 Å². The van der Waals surface area contributed by atoms with Gasteiger partial charge in [-0.1, -0.05) is 13.8 Å². The fraction of sp³-hybridized carbons (Fsp3) is 0.136. The van der Waals surface area contributed by atoms with Crippen molar-refractivity contribution in [2.75, 3.05) is 5.32 Å². The van der Waals surface area contributed by atoms with Crippen molar-refractivity contribution in [1.29, 1.82) is 0 Å². The van der Waals surface area contributed by atoms with E-state index in [-0.39, 0.29) is 11.8 Å². The molecule has 0 aliphatic heterocycles. The molecule has 0 unspecified atom stereocenters. The fourth-order valence-corrected chi connectivity index (χ4v) is 3.31. The lowest BCUT2D eigenvalue weighted by molar-refractivity contribution is -0.118. The summed E-state index contributed by atoms with van der Waals surface area (Å²) in [4.78, 5) is 36.0. The third kappa shape index (κ3) is 3.31. The molecule has 3 N–H and O–H groups in total. The minimum Gasteiger partial charge on any atom is -0.336 e. The highest BCUT2D eigenvalue weighted by Crippen LogP contribution is 2.31. The van der Waals surface area contributed by atoms with Crippen LogP contribution in [0.4, 0.5) is 11.4 Å². The number of carbonyl (C=O) groups excluding carboxylic acids is 1. The Kier molecular flexibility index (Phi) is 4.56. The molecule has 5 aromatic heterocycles. The van der Waals surface area contributed by atoms with Crippen molar-refractivity contribution >= 4 is 39.3 Å². The largest absolute Gasteiger partial charge is 0.336 e. The van der Waals surface area contributed by atoms with Gasteiger partial charge in [0.15, 0.2) is 11.5 Å². The van der Waals surface area contributed by atoms with Gasteiger partial charge in [-0.2, -0.15) is 5.10 Å². The van der Waals surface area contributed by atoms with E-state index in [0.717, 1.165) is 16.5 Å². The molecule has 0 spiro atoms. The molecule has 10 heteroatoms. The van der Waals surface area contributed by atoms with E-state index in [2.05, 4.69) is 45.3 Å². The monoisotopic (exact) mass is 423 g/mol. The van der Waals surface area contributed by atoms with Crippen LogP contribution in [-0.4, -0.2) is 41.0 Å². The maximum Gasteiger partial charge on any atom is 0.232 e. The van der Waals surface area contributed by atoms with E-state index in [4.69, 9.17) is 6.57 Å². The number of fused-ring (bicyclic) bond motifs is 2. The minimum absolute atomic E-state index is 0.0761. The summed E-state index contributed by atoms with van der Waals surface area (Å²) in [5.74, 6) is 0.305. The number of hydrogen-bond acceptors (Lipinski definition) is 6. The lowest BCUT2D eigenvalue weighted by Crippen LogP contribution is -2.17. The number of aromatic amines is 2. The number of nitrogens with one attached hydrogen (secondary N) is 3. The third-order valence-electron chi connectivity index (χ3n) is 5.00. The molecule has 0 saturated carbocycles. The van der Waals surface area contributed by atoms with Crippen LogP contribution in [0.2, 0.25) is 0 Å². The van der Waals surface area contributed by atoms with Crippen molar-refractivity contribution in [2.45, 2.75) is 13.8 Å². The molecule has 0 aliphatic carbocycles. The maximum atomic E-state index is 12.0. The second-order valence-corrected chi connectivity index (χ2v) is 7.55. The van der Waals surface area contributed by atoms with Crippen LogP contribution in [0.1, 0.15) is 13.8 Å². The van der Waals surface area contributed by atoms with E-state index in [1.807, 2.05) is 26.0 Å². The van der Waals surface area contributed by atoms with E-state index < -0.39 is 0 Å². The van der Waals surface area contributed by atoms with Crippen LogP contribution in [0.3, 0.4) is 0 Å². The Morgan fingerprint density at radius 3 is 2.72 bits per heavy atom. The predicted molar refractivity (Wildman–Crippen MR) is 120 cm³/mol. The number of amides is 1. The Balaban J connectivity index is 1.57. The SMILES string of the molecule is [C-]#[N+]c1cncc2[nH]c(-c3n[nH]c4ncc(-c5cncc(NC(=O)C(C)C)c5)cc34)nc12. The molecular weight excluding hydrogens is 406 g/mol. The summed E-state index contributed by atoms with van der Waals surface area (Å²) in [6.07, 6.45) is 8.15. The first kappa shape index (κ1) is 19.3. The van der Waals surface area contributed by atoms with Gasteiger partial charge in [-0.05, 0) is 12.1 Å². The van der Waals surface area contributed by atoms with Gasteiger partial charge in [0.05, 0.1) is 34.9 Å². The Morgan fingerprint density at radius 1 is 1.09 bits per heavy atom. The molecule has 0 aliphatic rings. The van der Waals surface area contributed by atoms with Gasteiger partial charge in [0, 0.05) is 41.8 Å². The second kappa shape index (κ2) is 7.55. The zero-order valence-corrected chi connectivity index (χ0v) is 17.2. The number of nitrogens with zero attached hydrogens (tertiary/aromatic N) is 6. The Hall–Kier alpha value is -4.65. The molecule has 5 rings (SSSR count). The number of rotatable bonds is 4. The first-order valence-corrected chi connectivity index (χ1v) is 9.85. The van der Waals surface area contributed by atoms with Gasteiger partial charge in [-0.15, -0.1) is 0 Å². The number of imidazole rings is 1. The zero-order valence-electron chi connectivity index (χ0n) is 17.2. The standard InChI is InChI=1S/C22H17N9O/c1-11(2)22(32)27-14-4-12(6-24-8-14)13-5-15-18(30-31-20(15)26-7-13)21-28-17-10-25-9-16(23-3)19(17)29-21/h4-11H,1-2H3,(H,27,32)(H,28,29)(H,26,30,31). The first-order valence-electron chi connectivity index (χ1n) is 9.85. The number of H-pyrrole nitrogens is 2. The molecule has 5 heterocycles. The van der Waals surface area contributed by atoms with Gasteiger partial charge in [-0.3, -0.25) is 19.9 Å². The Labute approximate surface area is 182 Å². The highest BCUT2D eigenvalue weighted by Gasteiger charge is 2.16. The summed E-state index contributed by atoms with van der Waals surface area (Å²) in [6, 6.07) is 3.79. The van der Waals surface area contributed by atoms with Crippen LogP contribution in [-0.2, 0) is 4.79 Å². The smallest absolute Gasteiger partial charge is 0.232 e. The average molecular weight is 423 g/mol. The van der Waals surface area contributed by atoms with Gasteiger partial charge in [-0.25, -0.2) is 14.8 Å². The molecule has 1 amide bonds. The highest BCUT2D eigenvalue weighted by atomic mass is 16.1. The second-order valence-electron chi connectivity index (χ2n) is 7.55. The van der Waals surface area contributed by atoms with Gasteiger partial charge in [0.1, 0.15) is 5.69 Å². The fourth-order valence-electron chi connectivity index (χ4n) is 3.31. The van der Waals surface area contributed by atoms with E-state index >= 15 is 0 Å². The topological polar surface area (TPSA) is 129 Å². The summed E-state index contributed by atoms with van der Waals surface area (Å²) in [5, 5.41) is 10.9. The number of pyridine rings is 3. The number of carbonyl (C=O) groups is 1. The Bertz CT molecular complexity index is 1520. The number of aromatic nitrogens is 7. The van der Waals surface area contributed by atoms with Crippen LogP contribution in [0, 0.1) is 12.5 Å². The molecule has 0 radical (unpaired) electrons. The molecular formula is C22H17N9O. The highest BCUT2D eigenvalue weighted by molar-refractivity contribution is 5.96. The van der Waals surface area contributed by atoms with Gasteiger partial charge in [0.2, 0.25) is 11.6 Å². The van der Waals surface area contributed by atoms with Gasteiger partial charge >= 0.3 is 0 Å². The molecule has 32 heavy (non-hydrogen) atoms. The maximum absolute atomic E-state index is 12.0. The lowest BCUT2D eigenvalue weighted by Gasteiger charge is -2.09. The normalized spacial score (nSPS) is 11.2. The van der Waals surface area contributed by atoms with Crippen molar-refractivity contribution in [3.05, 3.63) is 54.5 Å². The summed E-state index contributed by atoms with van der Waals surface area (Å²) in [7, 11) is 0. The van der Waals surface area contributed by atoms with E-state index in [1.165, 1.54) is 6.20 Å². The molecule has 10 nitrogen and oxygen atoms in total. The van der Waals surface area contributed by atoms with E-state index in [0.29, 0.717) is 39.6 Å². The molecule has 0 atom stereocenters. The van der Waals surface area contributed by atoms with Crippen molar-refractivity contribution in [2.24, 2.45) is 5.92 Å². The summed E-state index contributed by atoms with van der Waals surface area (Å²) in [6.45, 7) is 11.0. The molecule has 0 fully saturated rings. The van der Waals surface area contributed by atoms with Crippen molar-refractivity contribution in [1.82, 2.24) is 35.1 Å². The van der Waals surface area contributed by atoms with Crippen LogP contribution in [0.25, 0.3) is 49.6 Å². The van der Waals surface area contributed by atoms with Gasteiger partial charge < -0.3 is 10.3 Å². The lowest BCUT2D eigenvalue weighted by atomic mass is 10.1. The van der Waals surface area contributed by atoms with Crippen molar-refractivity contribution in [3.8, 4) is 22.6 Å². The minimum atomic E-state index is -0.132. The Morgan fingerprint density at radius 2 is 1.91 bits per heavy atom. The average Bonchev–Trinajstić information content (AvgIpc) is 3.42. The molecule has 0 saturated heterocycles. The van der Waals surface area contributed by atoms with Crippen LogP contribution < -0.4 is 5.32 Å². The van der Waals surface area contributed by atoms with Crippen LogP contribution in [0.5, 0.6) is 0 Å². The summed E-state index contributed by atoms with van der Waals surface area (Å²) in [5.41, 5.74) is 4.99. The summed E-state index contributed by atoms with van der Waals surface area (Å²) >= 11 is 0. The van der Waals surface area contributed by atoms with Crippen molar-refractivity contribution < 1.29 is 4.79 Å². The predicted octanol–water partition coefficient (Wildman–Crippen LogP) is 4.10. The molecule has 0 bridgehead atoms. The number of hydrogen-bond donors (Lipinski definition) is 3. The summed E-state index contributed by atoms with van der Waals surface area (Å²) < 4.78 is 0. The van der Waals surface area contributed by atoms with Gasteiger partial charge in [0.25, 0.3) is 0 Å². The molecule has 0 aromatic carbocycles. The molecule has 5 aromatic rings. The van der Waals surface area contributed by atoms with Crippen molar-refractivity contribution in [3.63, 3.8) is 0 Å². The zero-order chi connectivity index (χ0) is 22.2. The first-order chi connectivity index (χ1) is 15.5. The molecule has 156 valence electrons. The quantitative estimate of drug-likeness (QED) is 0.373.